The molecule has 1 fully saturated rings. The molecule has 0 saturated heterocycles. The number of hydrogen-bond acceptors (Lipinski definition) is 5. The van der Waals surface area contributed by atoms with Crippen LogP contribution in [0.3, 0.4) is 0 Å². The first-order valence-corrected chi connectivity index (χ1v) is 11.7. The summed E-state index contributed by atoms with van der Waals surface area (Å²) in [5.41, 5.74) is -2.12. The zero-order valence-corrected chi connectivity index (χ0v) is 20.0. The number of nitrogens with one attached hydrogen (secondary N) is 2. The second-order valence-electron chi connectivity index (χ2n) is 9.10. The predicted molar refractivity (Wildman–Crippen MR) is 124 cm³/mol. The molecule has 1 amide bonds. The quantitative estimate of drug-likeness (QED) is 0.377. The molecule has 7 nitrogen and oxygen atoms in total. The number of halogens is 6. The van der Waals surface area contributed by atoms with E-state index < -0.39 is 42.2 Å². The van der Waals surface area contributed by atoms with Crippen LogP contribution < -0.4 is 15.4 Å². The Hall–Kier alpha value is -3.51. The fourth-order valence-electron chi connectivity index (χ4n) is 4.29. The highest BCUT2D eigenvalue weighted by Crippen LogP contribution is 2.38. The van der Waals surface area contributed by atoms with Crippen molar-refractivity contribution in [2.75, 3.05) is 11.9 Å². The van der Waals surface area contributed by atoms with Crippen LogP contribution in [0.15, 0.2) is 24.3 Å². The highest BCUT2D eigenvalue weighted by atomic mass is 19.4. The van der Waals surface area contributed by atoms with E-state index >= 15 is 0 Å². The number of aromatic nitrogens is 3. The van der Waals surface area contributed by atoms with Crippen LogP contribution in [0.1, 0.15) is 48.5 Å². The van der Waals surface area contributed by atoms with Crippen LogP contribution in [0.25, 0.3) is 11.2 Å². The fourth-order valence-corrected chi connectivity index (χ4v) is 4.29. The number of imidazole rings is 1. The van der Waals surface area contributed by atoms with Gasteiger partial charge in [-0.1, -0.05) is 13.0 Å². The van der Waals surface area contributed by atoms with Crippen molar-refractivity contribution in [1.29, 1.82) is 0 Å². The number of amides is 1. The van der Waals surface area contributed by atoms with Gasteiger partial charge in [0.15, 0.2) is 12.3 Å². The highest BCUT2D eigenvalue weighted by Gasteiger charge is 2.35. The Morgan fingerprint density at radius 1 is 1.19 bits per heavy atom. The highest BCUT2D eigenvalue weighted by molar-refractivity contribution is 5.99. The van der Waals surface area contributed by atoms with E-state index in [2.05, 4.69) is 27.5 Å². The summed E-state index contributed by atoms with van der Waals surface area (Å²) in [6.07, 6.45) is -4.29. The molecule has 1 aliphatic rings. The number of aryl methyl sites for hydroxylation is 1. The van der Waals surface area contributed by atoms with Crippen molar-refractivity contribution in [3.63, 3.8) is 0 Å². The van der Waals surface area contributed by atoms with Gasteiger partial charge in [0.1, 0.15) is 16.9 Å². The number of carbonyl (C=O) groups excluding carboxylic acids is 1. The maximum atomic E-state index is 14.4. The molecule has 3 aromatic rings. The van der Waals surface area contributed by atoms with Crippen LogP contribution >= 0.6 is 0 Å². The second kappa shape index (κ2) is 10.5. The van der Waals surface area contributed by atoms with Crippen LogP contribution in [0.2, 0.25) is 0 Å². The second-order valence-corrected chi connectivity index (χ2v) is 9.10. The number of benzene rings is 1. The average molecular weight is 529 g/mol. The van der Waals surface area contributed by atoms with Crippen molar-refractivity contribution >= 4 is 28.7 Å². The SMILES string of the molecule is Cn1c(Nc2c(F)cccc2C(F)(F)F)nc2cc(C(=O)N[C@H]3CC[C@H](C)CC3)c(OCC(F)F)nc21. The van der Waals surface area contributed by atoms with Crippen LogP contribution in [-0.2, 0) is 13.2 Å². The number of carbonyl (C=O) groups is 1. The molecule has 1 aromatic carbocycles. The lowest BCUT2D eigenvalue weighted by Crippen LogP contribution is -2.37. The standard InChI is InChI=1S/C24H25F6N5O2/c1-12-6-8-13(9-7-12)31-21(36)14-10-17-20(34-22(14)37-11-18(26)27)35(2)23(32-17)33-19-15(24(28,29)30)4-3-5-16(19)25/h3-5,10,12-13,18H,6-9,11H2,1-2H3,(H,31,36)(H,32,33)/t12-,13-. The van der Waals surface area contributed by atoms with Crippen molar-refractivity contribution in [1.82, 2.24) is 19.9 Å². The van der Waals surface area contributed by atoms with E-state index in [-0.39, 0.29) is 34.6 Å². The normalized spacial score (nSPS) is 18.3. The molecule has 1 aliphatic carbocycles. The van der Waals surface area contributed by atoms with Gasteiger partial charge >= 0.3 is 6.18 Å². The molecule has 0 aliphatic heterocycles. The Labute approximate surface area is 208 Å². The number of rotatable bonds is 7. The van der Waals surface area contributed by atoms with E-state index in [4.69, 9.17) is 4.74 Å². The number of pyridine rings is 1. The van der Waals surface area contributed by atoms with E-state index in [0.717, 1.165) is 43.9 Å². The third kappa shape index (κ3) is 5.91. The Morgan fingerprint density at radius 3 is 2.54 bits per heavy atom. The van der Waals surface area contributed by atoms with Crippen molar-refractivity contribution in [3.8, 4) is 5.88 Å². The predicted octanol–water partition coefficient (Wildman–Crippen LogP) is 5.82. The lowest BCUT2D eigenvalue weighted by molar-refractivity contribution is -0.137. The molecule has 4 rings (SSSR count). The van der Waals surface area contributed by atoms with Gasteiger partial charge in [0, 0.05) is 13.1 Å². The Balaban J connectivity index is 1.71. The van der Waals surface area contributed by atoms with Gasteiger partial charge in [-0.15, -0.1) is 0 Å². The third-order valence-electron chi connectivity index (χ3n) is 6.31. The smallest absolute Gasteiger partial charge is 0.418 e. The number of para-hydroxylation sites is 1. The molecule has 0 atom stereocenters. The number of alkyl halides is 5. The number of anilines is 2. The van der Waals surface area contributed by atoms with E-state index in [0.29, 0.717) is 5.92 Å². The van der Waals surface area contributed by atoms with Crippen molar-refractivity contribution < 1.29 is 35.9 Å². The molecule has 0 spiro atoms. The molecule has 37 heavy (non-hydrogen) atoms. The van der Waals surface area contributed by atoms with E-state index in [9.17, 15) is 31.1 Å². The summed E-state index contributed by atoms with van der Waals surface area (Å²) in [4.78, 5) is 21.4. The molecular weight excluding hydrogens is 504 g/mol. The lowest BCUT2D eigenvalue weighted by Gasteiger charge is -2.27. The van der Waals surface area contributed by atoms with Gasteiger partial charge in [-0.3, -0.25) is 9.36 Å². The van der Waals surface area contributed by atoms with E-state index in [1.807, 2.05) is 0 Å². The number of fused-ring (bicyclic) bond motifs is 1. The van der Waals surface area contributed by atoms with Crippen LogP contribution in [0.4, 0.5) is 38.0 Å². The van der Waals surface area contributed by atoms with Gasteiger partial charge in [0.2, 0.25) is 11.8 Å². The Morgan fingerprint density at radius 2 is 1.89 bits per heavy atom. The molecule has 13 heteroatoms. The maximum absolute atomic E-state index is 14.4. The summed E-state index contributed by atoms with van der Waals surface area (Å²) in [5, 5.41) is 5.22. The minimum atomic E-state index is -4.84. The average Bonchev–Trinajstić information content (AvgIpc) is 3.13. The van der Waals surface area contributed by atoms with Crippen LogP contribution in [0, 0.1) is 11.7 Å². The summed E-state index contributed by atoms with van der Waals surface area (Å²) < 4.78 is 86.7. The minimum absolute atomic E-state index is 0.0275. The van der Waals surface area contributed by atoms with Gasteiger partial charge < -0.3 is 15.4 Å². The zero-order valence-electron chi connectivity index (χ0n) is 20.0. The summed E-state index contributed by atoms with van der Waals surface area (Å²) in [5.74, 6) is -1.78. The van der Waals surface area contributed by atoms with Crippen molar-refractivity contribution in [3.05, 3.63) is 41.2 Å². The molecule has 2 aromatic heterocycles. The third-order valence-corrected chi connectivity index (χ3v) is 6.31. The number of hydrogen-bond donors (Lipinski definition) is 2. The lowest BCUT2D eigenvalue weighted by atomic mass is 9.87. The summed E-state index contributed by atoms with van der Waals surface area (Å²) in [7, 11) is 1.39. The van der Waals surface area contributed by atoms with Gasteiger partial charge in [-0.25, -0.2) is 18.2 Å². The first kappa shape index (κ1) is 26.6. The first-order chi connectivity index (χ1) is 17.4. The van der Waals surface area contributed by atoms with Crippen molar-refractivity contribution in [2.24, 2.45) is 13.0 Å². The van der Waals surface area contributed by atoms with E-state index in [1.54, 1.807) is 0 Å². The van der Waals surface area contributed by atoms with Gasteiger partial charge in [0.05, 0.1) is 11.3 Å². The summed E-state index contributed by atoms with van der Waals surface area (Å²) >= 11 is 0. The topological polar surface area (TPSA) is 81.1 Å². The number of ether oxygens (including phenoxy) is 1. The molecule has 0 bridgehead atoms. The maximum Gasteiger partial charge on any atom is 0.418 e. The molecule has 2 N–H and O–H groups in total. The molecule has 0 unspecified atom stereocenters. The first-order valence-electron chi connectivity index (χ1n) is 11.7. The Bertz CT molecular complexity index is 1280. The van der Waals surface area contributed by atoms with Gasteiger partial charge in [-0.2, -0.15) is 18.2 Å². The summed E-state index contributed by atoms with van der Waals surface area (Å²) in [6, 6.07) is 3.68. The zero-order chi connectivity index (χ0) is 26.9. The summed E-state index contributed by atoms with van der Waals surface area (Å²) in [6.45, 7) is 1.10. The van der Waals surface area contributed by atoms with Crippen LogP contribution in [-0.4, -0.2) is 39.5 Å². The molecule has 2 heterocycles. The van der Waals surface area contributed by atoms with Gasteiger partial charge in [0.25, 0.3) is 12.3 Å². The largest absolute Gasteiger partial charge is 0.471 e. The number of nitrogens with zero attached hydrogens (tertiary/aromatic N) is 3. The molecular formula is C24H25F6N5O2. The fraction of sp³-hybridized carbons (Fsp3) is 0.458. The van der Waals surface area contributed by atoms with Crippen LogP contribution in [0.5, 0.6) is 5.88 Å². The van der Waals surface area contributed by atoms with E-state index in [1.165, 1.54) is 17.7 Å². The molecule has 200 valence electrons. The van der Waals surface area contributed by atoms with Crippen molar-refractivity contribution in [2.45, 2.75) is 51.3 Å². The minimum Gasteiger partial charge on any atom is -0.471 e. The monoisotopic (exact) mass is 529 g/mol. The van der Waals surface area contributed by atoms with Gasteiger partial charge in [-0.05, 0) is 49.8 Å². The Kier molecular flexibility index (Phi) is 7.51. The molecule has 1 saturated carbocycles. The molecule has 0 radical (unpaired) electrons.